The van der Waals surface area contributed by atoms with E-state index in [1.807, 2.05) is 44.8 Å². The largest absolute Gasteiger partial charge is 0.470 e. The fraction of sp³-hybridized carbons (Fsp3) is 0.350. The molecule has 0 amide bonds. The number of nitrogens with one attached hydrogen (secondary N) is 2. The molecule has 0 aromatic carbocycles. The van der Waals surface area contributed by atoms with Crippen LogP contribution in [0.3, 0.4) is 0 Å². The summed E-state index contributed by atoms with van der Waals surface area (Å²) < 4.78 is 7.81. The van der Waals surface area contributed by atoms with E-state index in [1.54, 1.807) is 4.68 Å². The molecule has 7 heteroatoms. The van der Waals surface area contributed by atoms with Gasteiger partial charge in [-0.2, -0.15) is 5.10 Å². The minimum absolute atomic E-state index is 0.0605. The second-order valence-electron chi connectivity index (χ2n) is 6.86. The predicted molar refractivity (Wildman–Crippen MR) is 105 cm³/mol. The van der Waals surface area contributed by atoms with Gasteiger partial charge in [0.25, 0.3) is 0 Å². The predicted octanol–water partition coefficient (Wildman–Crippen LogP) is 2.19. The first-order valence-corrected chi connectivity index (χ1v) is 9.19. The van der Waals surface area contributed by atoms with E-state index < -0.39 is 0 Å². The van der Waals surface area contributed by atoms with Crippen LogP contribution in [0, 0.1) is 6.92 Å². The molecule has 1 aliphatic heterocycles. The molecule has 140 valence electrons. The highest BCUT2D eigenvalue weighted by Gasteiger charge is 2.20. The second kappa shape index (κ2) is 7.75. The maximum atomic E-state index is 6.03. The number of hydrogen-bond acceptors (Lipinski definition) is 6. The van der Waals surface area contributed by atoms with E-state index in [-0.39, 0.29) is 6.10 Å². The molecule has 1 aliphatic rings. The van der Waals surface area contributed by atoms with Crippen LogP contribution in [0.25, 0.3) is 11.1 Å². The number of ether oxygens (including phenoxy) is 1. The Labute approximate surface area is 158 Å². The van der Waals surface area contributed by atoms with Crippen LogP contribution in [0.2, 0.25) is 0 Å². The standard InChI is InChI=1S/C20H24N6O/c1-14-3-4-15(8-22-14)5-6-21-11-18-12-23-19-7-16(9-24-20(19)27-18)17-10-25-26(2)13-17/h3-4,7-10,13,18,21,23H,5-6,11-12H2,1-2H3. The molecule has 1 unspecified atom stereocenters. The third-order valence-electron chi connectivity index (χ3n) is 4.62. The van der Waals surface area contributed by atoms with E-state index in [4.69, 9.17) is 4.74 Å². The van der Waals surface area contributed by atoms with Gasteiger partial charge in [0.1, 0.15) is 6.10 Å². The Balaban J connectivity index is 1.29. The van der Waals surface area contributed by atoms with E-state index in [0.717, 1.165) is 48.6 Å². The lowest BCUT2D eigenvalue weighted by Gasteiger charge is -2.27. The average molecular weight is 364 g/mol. The quantitative estimate of drug-likeness (QED) is 0.653. The van der Waals surface area contributed by atoms with Gasteiger partial charge in [0.2, 0.25) is 5.88 Å². The van der Waals surface area contributed by atoms with Gasteiger partial charge in [-0.05, 0) is 37.6 Å². The molecule has 4 rings (SSSR count). The van der Waals surface area contributed by atoms with Crippen LogP contribution in [0.1, 0.15) is 11.3 Å². The summed E-state index contributed by atoms with van der Waals surface area (Å²) in [5.41, 5.74) is 5.29. The molecule has 0 saturated heterocycles. The number of fused-ring (bicyclic) bond motifs is 1. The summed E-state index contributed by atoms with van der Waals surface area (Å²) in [6.07, 6.45) is 8.60. The van der Waals surface area contributed by atoms with Gasteiger partial charge in [0.15, 0.2) is 0 Å². The molecule has 4 heterocycles. The van der Waals surface area contributed by atoms with E-state index in [1.165, 1.54) is 5.56 Å². The summed E-state index contributed by atoms with van der Waals surface area (Å²) in [6.45, 7) is 4.42. The van der Waals surface area contributed by atoms with Gasteiger partial charge in [0.05, 0.1) is 18.4 Å². The molecule has 0 radical (unpaired) electrons. The number of aryl methyl sites for hydroxylation is 2. The normalized spacial score (nSPS) is 15.7. The third kappa shape index (κ3) is 4.25. The van der Waals surface area contributed by atoms with Crippen LogP contribution in [0.5, 0.6) is 5.88 Å². The molecule has 0 fully saturated rings. The number of hydrogen-bond donors (Lipinski definition) is 2. The Morgan fingerprint density at radius 1 is 1.22 bits per heavy atom. The summed E-state index contributed by atoms with van der Waals surface area (Å²) in [5, 5.41) is 11.1. The minimum atomic E-state index is 0.0605. The van der Waals surface area contributed by atoms with Crippen molar-refractivity contribution in [3.05, 3.63) is 54.2 Å². The fourth-order valence-corrected chi connectivity index (χ4v) is 3.08. The average Bonchev–Trinajstić information content (AvgIpc) is 3.12. The van der Waals surface area contributed by atoms with E-state index in [2.05, 4.69) is 37.8 Å². The summed E-state index contributed by atoms with van der Waals surface area (Å²) in [4.78, 5) is 8.81. The van der Waals surface area contributed by atoms with Crippen molar-refractivity contribution in [2.24, 2.45) is 7.05 Å². The lowest BCUT2D eigenvalue weighted by molar-refractivity contribution is 0.194. The molecular weight excluding hydrogens is 340 g/mol. The maximum Gasteiger partial charge on any atom is 0.237 e. The van der Waals surface area contributed by atoms with Gasteiger partial charge < -0.3 is 15.4 Å². The Kier molecular flexibility index (Phi) is 5.02. The van der Waals surface area contributed by atoms with Crippen molar-refractivity contribution in [3.63, 3.8) is 0 Å². The number of anilines is 1. The molecule has 0 saturated carbocycles. The number of aromatic nitrogens is 4. The summed E-state index contributed by atoms with van der Waals surface area (Å²) in [6, 6.07) is 6.24. The molecule has 27 heavy (non-hydrogen) atoms. The highest BCUT2D eigenvalue weighted by Crippen LogP contribution is 2.30. The molecule has 2 N–H and O–H groups in total. The van der Waals surface area contributed by atoms with Crippen LogP contribution in [0.4, 0.5) is 5.69 Å². The summed E-state index contributed by atoms with van der Waals surface area (Å²) >= 11 is 0. The highest BCUT2D eigenvalue weighted by molar-refractivity contribution is 5.69. The molecule has 3 aromatic heterocycles. The van der Waals surface area contributed by atoms with E-state index in [9.17, 15) is 0 Å². The number of nitrogens with zero attached hydrogens (tertiary/aromatic N) is 4. The molecular formula is C20H24N6O. The van der Waals surface area contributed by atoms with Crippen molar-refractivity contribution in [3.8, 4) is 17.0 Å². The van der Waals surface area contributed by atoms with Crippen molar-refractivity contribution >= 4 is 5.69 Å². The molecule has 1 atom stereocenters. The van der Waals surface area contributed by atoms with Gasteiger partial charge in [0, 0.05) is 49.0 Å². The second-order valence-corrected chi connectivity index (χ2v) is 6.86. The van der Waals surface area contributed by atoms with Gasteiger partial charge in [-0.3, -0.25) is 9.67 Å². The van der Waals surface area contributed by atoms with Crippen LogP contribution in [-0.2, 0) is 13.5 Å². The lowest BCUT2D eigenvalue weighted by Crippen LogP contribution is -2.40. The van der Waals surface area contributed by atoms with Crippen molar-refractivity contribution in [2.75, 3.05) is 25.0 Å². The van der Waals surface area contributed by atoms with Crippen molar-refractivity contribution in [1.82, 2.24) is 25.1 Å². The Bertz CT molecular complexity index is 905. The Morgan fingerprint density at radius 2 is 2.15 bits per heavy atom. The maximum absolute atomic E-state index is 6.03. The van der Waals surface area contributed by atoms with Crippen LogP contribution in [-0.4, -0.2) is 45.5 Å². The van der Waals surface area contributed by atoms with Gasteiger partial charge in [-0.1, -0.05) is 6.07 Å². The van der Waals surface area contributed by atoms with Crippen LogP contribution >= 0.6 is 0 Å². The number of pyridine rings is 2. The van der Waals surface area contributed by atoms with Gasteiger partial charge >= 0.3 is 0 Å². The van der Waals surface area contributed by atoms with Crippen LogP contribution in [0.15, 0.2) is 43.0 Å². The first-order valence-electron chi connectivity index (χ1n) is 9.19. The highest BCUT2D eigenvalue weighted by atomic mass is 16.5. The monoisotopic (exact) mass is 364 g/mol. The smallest absolute Gasteiger partial charge is 0.237 e. The fourth-order valence-electron chi connectivity index (χ4n) is 3.08. The lowest BCUT2D eigenvalue weighted by atomic mass is 10.1. The SMILES string of the molecule is Cc1ccc(CCNCC2CNc3cc(-c4cnn(C)c4)cnc3O2)cn1. The zero-order valence-corrected chi connectivity index (χ0v) is 15.6. The molecule has 0 spiro atoms. The zero-order chi connectivity index (χ0) is 18.6. The Hall–Kier alpha value is -2.93. The number of rotatable bonds is 6. The molecule has 3 aromatic rings. The van der Waals surface area contributed by atoms with E-state index >= 15 is 0 Å². The first-order chi connectivity index (χ1) is 13.2. The zero-order valence-electron chi connectivity index (χ0n) is 15.6. The van der Waals surface area contributed by atoms with Gasteiger partial charge in [-0.15, -0.1) is 0 Å². The van der Waals surface area contributed by atoms with Gasteiger partial charge in [-0.25, -0.2) is 4.98 Å². The topological polar surface area (TPSA) is 76.9 Å². The third-order valence-corrected chi connectivity index (χ3v) is 4.62. The summed E-state index contributed by atoms with van der Waals surface area (Å²) in [7, 11) is 1.91. The Morgan fingerprint density at radius 3 is 2.93 bits per heavy atom. The molecule has 7 nitrogen and oxygen atoms in total. The first kappa shape index (κ1) is 17.5. The van der Waals surface area contributed by atoms with Crippen molar-refractivity contribution in [1.29, 1.82) is 0 Å². The molecule has 0 aliphatic carbocycles. The molecule has 0 bridgehead atoms. The van der Waals surface area contributed by atoms with Crippen LogP contribution < -0.4 is 15.4 Å². The minimum Gasteiger partial charge on any atom is -0.470 e. The van der Waals surface area contributed by atoms with Crippen molar-refractivity contribution < 1.29 is 4.74 Å². The summed E-state index contributed by atoms with van der Waals surface area (Å²) in [5.74, 6) is 0.656. The van der Waals surface area contributed by atoms with Crippen molar-refractivity contribution in [2.45, 2.75) is 19.4 Å². The van der Waals surface area contributed by atoms with E-state index in [0.29, 0.717) is 5.88 Å².